The van der Waals surface area contributed by atoms with E-state index >= 15 is 0 Å². The average molecular weight is 246 g/mol. The van der Waals surface area contributed by atoms with Gasteiger partial charge in [-0.1, -0.05) is 0 Å². The van der Waals surface area contributed by atoms with E-state index in [4.69, 9.17) is 0 Å². The van der Waals surface area contributed by atoms with Crippen molar-refractivity contribution in [2.45, 2.75) is 13.5 Å². The molecule has 0 aliphatic heterocycles. The van der Waals surface area contributed by atoms with Crippen molar-refractivity contribution in [2.75, 3.05) is 5.32 Å². The van der Waals surface area contributed by atoms with E-state index in [0.717, 1.165) is 11.4 Å². The lowest BCUT2D eigenvalue weighted by Crippen LogP contribution is -2.04. The molecule has 0 aliphatic carbocycles. The van der Waals surface area contributed by atoms with Gasteiger partial charge >= 0.3 is 0 Å². The van der Waals surface area contributed by atoms with Crippen LogP contribution in [0.2, 0.25) is 0 Å². The molecule has 1 aromatic heterocycles. The highest BCUT2D eigenvalue weighted by atomic mass is 16.6. The Hall–Kier alpha value is -2.37. The van der Waals surface area contributed by atoms with Crippen molar-refractivity contribution >= 4 is 11.4 Å². The fourth-order valence-electron chi connectivity index (χ4n) is 1.72. The van der Waals surface area contributed by atoms with Gasteiger partial charge in [0.15, 0.2) is 0 Å². The highest BCUT2D eigenvalue weighted by molar-refractivity contribution is 5.53. The lowest BCUT2D eigenvalue weighted by Gasteiger charge is -2.07. The molecule has 0 unspecified atom stereocenters. The number of aromatic nitrogens is 2. The van der Waals surface area contributed by atoms with Crippen LogP contribution in [0.3, 0.4) is 0 Å². The Balaban J connectivity index is 2.09. The Morgan fingerprint density at radius 2 is 2.28 bits per heavy atom. The monoisotopic (exact) mass is 246 g/mol. The van der Waals surface area contributed by atoms with Gasteiger partial charge in [0.25, 0.3) is 5.69 Å². The Kier molecular flexibility index (Phi) is 3.27. The second-order valence-electron chi connectivity index (χ2n) is 4.11. The molecule has 6 heteroatoms. The van der Waals surface area contributed by atoms with Gasteiger partial charge in [0.1, 0.15) is 0 Å². The summed E-state index contributed by atoms with van der Waals surface area (Å²) in [4.78, 5) is 14.3. The minimum absolute atomic E-state index is 0.140. The van der Waals surface area contributed by atoms with Crippen LogP contribution in [0.4, 0.5) is 11.4 Å². The molecule has 1 heterocycles. The molecule has 0 saturated carbocycles. The van der Waals surface area contributed by atoms with Crippen LogP contribution >= 0.6 is 0 Å². The van der Waals surface area contributed by atoms with Crippen molar-refractivity contribution in [1.82, 2.24) is 9.55 Å². The molecule has 0 saturated heterocycles. The Bertz CT molecular complexity index is 577. The first-order chi connectivity index (χ1) is 8.58. The Morgan fingerprint density at radius 3 is 2.83 bits per heavy atom. The Labute approximate surface area is 104 Å². The van der Waals surface area contributed by atoms with Crippen LogP contribution in [-0.2, 0) is 13.6 Å². The van der Waals surface area contributed by atoms with Gasteiger partial charge in [0.05, 0.1) is 23.5 Å². The molecule has 2 rings (SSSR count). The molecule has 94 valence electrons. The summed E-state index contributed by atoms with van der Waals surface area (Å²) in [6.07, 6.45) is 3.52. The molecule has 2 aromatic rings. The van der Waals surface area contributed by atoms with Gasteiger partial charge in [-0.25, -0.2) is 4.98 Å². The summed E-state index contributed by atoms with van der Waals surface area (Å²) in [7, 11) is 1.92. The van der Waals surface area contributed by atoms with E-state index in [1.807, 2.05) is 11.6 Å². The maximum absolute atomic E-state index is 10.7. The van der Waals surface area contributed by atoms with Crippen molar-refractivity contribution in [3.05, 3.63) is 52.1 Å². The molecular weight excluding hydrogens is 232 g/mol. The molecule has 6 nitrogen and oxygen atoms in total. The molecule has 1 aromatic carbocycles. The number of hydrogen-bond acceptors (Lipinski definition) is 4. The zero-order valence-electron chi connectivity index (χ0n) is 10.3. The number of nitrogens with one attached hydrogen (secondary N) is 1. The molecule has 18 heavy (non-hydrogen) atoms. The minimum atomic E-state index is -0.375. The van der Waals surface area contributed by atoms with E-state index in [1.165, 1.54) is 6.07 Å². The van der Waals surface area contributed by atoms with E-state index in [-0.39, 0.29) is 10.6 Å². The number of imidazole rings is 1. The number of rotatable bonds is 4. The van der Waals surface area contributed by atoms with E-state index in [2.05, 4.69) is 10.3 Å². The van der Waals surface area contributed by atoms with Crippen LogP contribution in [0.15, 0.2) is 30.7 Å². The van der Waals surface area contributed by atoms with Crippen molar-refractivity contribution in [3.8, 4) is 0 Å². The smallest absolute Gasteiger partial charge is 0.272 e. The first-order valence-corrected chi connectivity index (χ1v) is 5.52. The lowest BCUT2D eigenvalue weighted by atomic mass is 10.2. The third-order valence-electron chi connectivity index (χ3n) is 2.78. The predicted molar refractivity (Wildman–Crippen MR) is 68.4 cm³/mol. The summed E-state index contributed by atoms with van der Waals surface area (Å²) in [6, 6.07) is 5.00. The van der Waals surface area contributed by atoms with Gasteiger partial charge in [-0.15, -0.1) is 0 Å². The quantitative estimate of drug-likeness (QED) is 0.663. The SMILES string of the molecule is Cc1cc(NCc2cncn2C)ccc1[N+](=O)[O-]. The van der Waals surface area contributed by atoms with Gasteiger partial charge in [-0.3, -0.25) is 10.1 Å². The molecule has 1 N–H and O–H groups in total. The normalized spacial score (nSPS) is 10.3. The summed E-state index contributed by atoms with van der Waals surface area (Å²) >= 11 is 0. The maximum Gasteiger partial charge on any atom is 0.272 e. The molecule has 0 aliphatic rings. The van der Waals surface area contributed by atoms with Gasteiger partial charge in [0, 0.05) is 30.6 Å². The third kappa shape index (κ3) is 2.48. The summed E-state index contributed by atoms with van der Waals surface area (Å²) in [6.45, 7) is 2.36. The molecule has 0 spiro atoms. The van der Waals surface area contributed by atoms with Crippen LogP contribution < -0.4 is 5.32 Å². The number of aryl methyl sites for hydroxylation is 2. The van der Waals surface area contributed by atoms with Crippen molar-refractivity contribution < 1.29 is 4.92 Å². The fraction of sp³-hybridized carbons (Fsp3) is 0.250. The first-order valence-electron chi connectivity index (χ1n) is 5.52. The number of nitrogens with zero attached hydrogens (tertiary/aromatic N) is 3. The largest absolute Gasteiger partial charge is 0.379 e. The number of nitro groups is 1. The van der Waals surface area contributed by atoms with E-state index < -0.39 is 0 Å². The lowest BCUT2D eigenvalue weighted by molar-refractivity contribution is -0.385. The summed E-state index contributed by atoms with van der Waals surface area (Å²) < 4.78 is 1.92. The van der Waals surface area contributed by atoms with Gasteiger partial charge < -0.3 is 9.88 Å². The second kappa shape index (κ2) is 4.87. The van der Waals surface area contributed by atoms with Gasteiger partial charge in [-0.05, 0) is 19.1 Å². The van der Waals surface area contributed by atoms with Crippen LogP contribution in [0, 0.1) is 17.0 Å². The standard InChI is InChI=1S/C12H14N4O2/c1-9-5-10(3-4-12(9)16(17)18)14-7-11-6-13-8-15(11)2/h3-6,8,14H,7H2,1-2H3. The summed E-state index contributed by atoms with van der Waals surface area (Å²) in [5.74, 6) is 0. The number of benzene rings is 1. The molecule has 0 amide bonds. The molecule has 0 fully saturated rings. The van der Waals surface area contributed by atoms with E-state index in [0.29, 0.717) is 12.1 Å². The third-order valence-corrected chi connectivity index (χ3v) is 2.78. The average Bonchev–Trinajstić information content (AvgIpc) is 2.72. The van der Waals surface area contributed by atoms with E-state index in [9.17, 15) is 10.1 Å². The summed E-state index contributed by atoms with van der Waals surface area (Å²) in [5, 5.41) is 13.9. The van der Waals surface area contributed by atoms with Gasteiger partial charge in [0.2, 0.25) is 0 Å². The minimum Gasteiger partial charge on any atom is -0.379 e. The van der Waals surface area contributed by atoms with Crippen molar-refractivity contribution in [3.63, 3.8) is 0 Å². The molecule has 0 radical (unpaired) electrons. The first kappa shape index (κ1) is 12.1. The van der Waals surface area contributed by atoms with Crippen molar-refractivity contribution in [1.29, 1.82) is 0 Å². The fourth-order valence-corrected chi connectivity index (χ4v) is 1.72. The molecule has 0 bridgehead atoms. The maximum atomic E-state index is 10.7. The highest BCUT2D eigenvalue weighted by Crippen LogP contribution is 2.21. The number of hydrogen-bond donors (Lipinski definition) is 1. The molecular formula is C12H14N4O2. The Morgan fingerprint density at radius 1 is 1.50 bits per heavy atom. The highest BCUT2D eigenvalue weighted by Gasteiger charge is 2.10. The number of anilines is 1. The number of nitro benzene ring substituents is 1. The van der Waals surface area contributed by atoms with Crippen LogP contribution in [0.25, 0.3) is 0 Å². The van der Waals surface area contributed by atoms with E-state index in [1.54, 1.807) is 31.6 Å². The predicted octanol–water partition coefficient (Wildman–Crippen LogP) is 2.25. The van der Waals surface area contributed by atoms with Crippen LogP contribution in [-0.4, -0.2) is 14.5 Å². The second-order valence-corrected chi connectivity index (χ2v) is 4.11. The molecule has 0 atom stereocenters. The van der Waals surface area contributed by atoms with Crippen molar-refractivity contribution in [2.24, 2.45) is 7.05 Å². The summed E-state index contributed by atoms with van der Waals surface area (Å²) in [5.41, 5.74) is 2.70. The van der Waals surface area contributed by atoms with Crippen LogP contribution in [0.1, 0.15) is 11.3 Å². The topological polar surface area (TPSA) is 73.0 Å². The zero-order valence-corrected chi connectivity index (χ0v) is 10.3. The zero-order chi connectivity index (χ0) is 13.1. The van der Waals surface area contributed by atoms with Gasteiger partial charge in [-0.2, -0.15) is 0 Å². The van der Waals surface area contributed by atoms with Crippen LogP contribution in [0.5, 0.6) is 0 Å².